The molecule has 0 aromatic heterocycles. The Kier molecular flexibility index (Phi) is 24.8. The van der Waals surface area contributed by atoms with Gasteiger partial charge in [0.2, 0.25) is 0 Å². The Balaban J connectivity index is 0.000000431. The molecule has 0 heterocycles. The normalized spacial score (nSPS) is 10.9. The first kappa shape index (κ1) is 44.3. The standard InChI is InChI=1S/C37H54N2.2C6H6O.Ni/c1-3-5-7-9-11-12-13-14-15-17-19-24-34-26-21-28-36(32-34)37(29-22-30-39-38)35-27-20-25-33(31-35)23-18-16-10-8-6-4-2;2*7-6-4-2-1-3-5-6;/h20-22,25-29,31-32H,3-19,23-24H2,1-2H3;2*1-5,7H;/q;;;+2/p-2. The number of allylic oxidation sites excluding steroid dienone is 2. The molecule has 0 saturated carbocycles. The minimum atomic E-state index is 0.777. The summed E-state index contributed by atoms with van der Waals surface area (Å²) in [5, 5.41) is 0. The molecule has 0 saturated heterocycles. The van der Waals surface area contributed by atoms with E-state index in [1.165, 1.54) is 131 Å². The van der Waals surface area contributed by atoms with Crippen LogP contribution in [0.4, 0.5) is 0 Å². The van der Waals surface area contributed by atoms with Crippen LogP contribution in [0.1, 0.15) is 145 Å². The zero-order valence-corrected chi connectivity index (χ0v) is 34.0. The molecule has 4 aromatic carbocycles. The van der Waals surface area contributed by atoms with Gasteiger partial charge in [0.25, 0.3) is 5.87 Å². The van der Waals surface area contributed by atoms with E-state index in [9.17, 15) is 0 Å². The van der Waals surface area contributed by atoms with Crippen molar-refractivity contribution in [3.8, 4) is 11.5 Å². The SMILES string of the molecule is CCCCCCCCCCCCCc1cccc(C(=CC=C=[N+]=[N-])c2cccc(CCCCCCCC)c2)c1.c1ccc([O][Ni][O]c2ccccc2)cc1. The fourth-order valence-electron chi connectivity index (χ4n) is 6.41. The zero-order chi connectivity index (χ0) is 38.2. The number of para-hydroxylation sites is 2. The third-order valence-corrected chi connectivity index (χ3v) is 10.1. The second-order valence-corrected chi connectivity index (χ2v) is 14.6. The van der Waals surface area contributed by atoms with Crippen molar-refractivity contribution in [3.05, 3.63) is 149 Å². The number of unbranched alkanes of at least 4 members (excludes halogenated alkanes) is 15. The van der Waals surface area contributed by atoms with E-state index in [-0.39, 0.29) is 0 Å². The van der Waals surface area contributed by atoms with Gasteiger partial charge in [-0.05, 0) is 59.6 Å². The summed E-state index contributed by atoms with van der Waals surface area (Å²) in [6.45, 7) is 4.56. The first-order valence-electron chi connectivity index (χ1n) is 20.6. The molecule has 0 atom stereocenters. The Bertz CT molecular complexity index is 1600. The number of nitrogens with zero attached hydrogens (tertiary/aromatic N) is 2. The quantitative estimate of drug-likeness (QED) is 0.0159. The Morgan fingerprint density at radius 3 is 1.35 bits per heavy atom. The van der Waals surface area contributed by atoms with E-state index in [2.05, 4.69) is 73.0 Å². The van der Waals surface area contributed by atoms with E-state index in [1.54, 1.807) is 6.08 Å². The molecule has 0 spiro atoms. The predicted octanol–water partition coefficient (Wildman–Crippen LogP) is 14.4. The molecule has 292 valence electrons. The van der Waals surface area contributed by atoms with Gasteiger partial charge >= 0.3 is 95.0 Å². The van der Waals surface area contributed by atoms with E-state index >= 15 is 0 Å². The molecule has 0 unspecified atom stereocenters. The maximum atomic E-state index is 8.87. The number of hydrogen-bond donors (Lipinski definition) is 0. The molecule has 0 aliphatic carbocycles. The summed E-state index contributed by atoms with van der Waals surface area (Å²) in [5.41, 5.74) is 15.2. The molecule has 0 N–H and O–H groups in total. The van der Waals surface area contributed by atoms with Crippen LogP contribution >= 0.6 is 0 Å². The molecule has 0 aliphatic heterocycles. The van der Waals surface area contributed by atoms with E-state index in [4.69, 9.17) is 13.3 Å². The molecule has 0 fully saturated rings. The third kappa shape index (κ3) is 20.4. The summed E-state index contributed by atoms with van der Waals surface area (Å²) in [6.07, 6.45) is 29.0. The van der Waals surface area contributed by atoms with Crippen molar-refractivity contribution < 1.29 is 27.6 Å². The van der Waals surface area contributed by atoms with Gasteiger partial charge in [-0.2, -0.15) is 0 Å². The maximum absolute atomic E-state index is 8.87. The van der Waals surface area contributed by atoms with Crippen molar-refractivity contribution in [3.63, 3.8) is 0 Å². The van der Waals surface area contributed by atoms with Crippen LogP contribution in [-0.4, -0.2) is 10.7 Å². The van der Waals surface area contributed by atoms with Crippen LogP contribution in [-0.2, 0) is 27.9 Å². The van der Waals surface area contributed by atoms with Crippen molar-refractivity contribution in [2.45, 2.75) is 136 Å². The van der Waals surface area contributed by atoms with Gasteiger partial charge < -0.3 is 5.53 Å². The van der Waals surface area contributed by atoms with Gasteiger partial charge in [0.15, 0.2) is 0 Å². The van der Waals surface area contributed by atoms with E-state index in [1.807, 2.05) is 66.7 Å². The van der Waals surface area contributed by atoms with Crippen molar-refractivity contribution in [1.82, 2.24) is 0 Å². The van der Waals surface area contributed by atoms with E-state index in [0.717, 1.165) is 45.0 Å². The van der Waals surface area contributed by atoms with Crippen molar-refractivity contribution in [2.24, 2.45) is 0 Å². The molecule has 4 rings (SSSR count). The van der Waals surface area contributed by atoms with Gasteiger partial charge in [-0.25, -0.2) is 0 Å². The van der Waals surface area contributed by atoms with Gasteiger partial charge in [0, 0.05) is 0 Å². The summed E-state index contributed by atoms with van der Waals surface area (Å²) in [6, 6.07) is 37.0. The molecular weight excluding hydrogens is 707 g/mol. The van der Waals surface area contributed by atoms with Gasteiger partial charge in [0.05, 0.1) is 6.08 Å². The zero-order valence-electron chi connectivity index (χ0n) is 33.0. The summed E-state index contributed by atoms with van der Waals surface area (Å²) in [4.78, 5) is 3.04. The topological polar surface area (TPSA) is 54.9 Å². The van der Waals surface area contributed by atoms with Gasteiger partial charge in [-0.1, -0.05) is 159 Å². The summed E-state index contributed by atoms with van der Waals surface area (Å²) >= 11 is 0.777. The first-order valence-corrected chi connectivity index (χ1v) is 21.4. The molecule has 4 nitrogen and oxygen atoms in total. The molecule has 4 aromatic rings. The Hall–Kier alpha value is -4.13. The van der Waals surface area contributed by atoms with Crippen LogP contribution in [0.15, 0.2) is 121 Å². The van der Waals surface area contributed by atoms with E-state index in [0.29, 0.717) is 0 Å². The Morgan fingerprint density at radius 2 is 0.944 bits per heavy atom. The van der Waals surface area contributed by atoms with Crippen LogP contribution in [0, 0.1) is 0 Å². The van der Waals surface area contributed by atoms with E-state index < -0.39 is 0 Å². The van der Waals surface area contributed by atoms with Crippen LogP contribution in [0.2, 0.25) is 0 Å². The van der Waals surface area contributed by atoms with Gasteiger partial charge in [0.1, 0.15) is 0 Å². The molecule has 0 bridgehead atoms. The van der Waals surface area contributed by atoms with Gasteiger partial charge in [-0.15, -0.1) is 4.79 Å². The van der Waals surface area contributed by atoms with Crippen molar-refractivity contribution >= 4 is 11.4 Å². The Labute approximate surface area is 334 Å². The van der Waals surface area contributed by atoms with Crippen LogP contribution < -0.4 is 7.76 Å². The number of aryl methyl sites for hydroxylation is 2. The average molecular weight is 772 g/mol. The number of hydrogen-bond acceptors (Lipinski definition) is 2. The second kappa shape index (κ2) is 30.2. The Morgan fingerprint density at radius 1 is 0.537 bits per heavy atom. The molecule has 0 radical (unpaired) electrons. The third-order valence-electron chi connectivity index (χ3n) is 9.43. The van der Waals surface area contributed by atoms with Crippen molar-refractivity contribution in [2.75, 3.05) is 0 Å². The fourth-order valence-corrected chi connectivity index (χ4v) is 6.91. The van der Waals surface area contributed by atoms with Crippen LogP contribution in [0.3, 0.4) is 0 Å². The summed E-state index contributed by atoms with van der Waals surface area (Å²) < 4.78 is 10.7. The molecular formula is C49H64N2NiO2. The fraction of sp³-hybridized carbons (Fsp3) is 0.429. The molecule has 0 aliphatic rings. The van der Waals surface area contributed by atoms with Gasteiger partial charge in [-0.3, -0.25) is 0 Å². The summed E-state index contributed by atoms with van der Waals surface area (Å²) in [5.74, 6) is 4.13. The van der Waals surface area contributed by atoms with Crippen LogP contribution in [0.25, 0.3) is 11.1 Å². The minimum absolute atomic E-state index is 0.777. The second-order valence-electron chi connectivity index (χ2n) is 14.0. The molecule has 5 heteroatoms. The number of rotatable bonds is 26. The molecule has 54 heavy (non-hydrogen) atoms. The average Bonchev–Trinajstić information content (AvgIpc) is 3.21. The van der Waals surface area contributed by atoms with Crippen LogP contribution in [0.5, 0.6) is 11.5 Å². The molecule has 0 amide bonds. The van der Waals surface area contributed by atoms with Crippen molar-refractivity contribution in [1.29, 1.82) is 0 Å². The summed E-state index contributed by atoms with van der Waals surface area (Å²) in [7, 11) is 0. The first-order chi connectivity index (χ1) is 26.7. The monoisotopic (exact) mass is 770 g/mol. The predicted molar refractivity (Wildman–Crippen MR) is 225 cm³/mol. The number of benzene rings is 4.